The second kappa shape index (κ2) is 6.36. The lowest BCUT2D eigenvalue weighted by atomic mass is 10.0. The molecule has 0 aliphatic carbocycles. The van der Waals surface area contributed by atoms with Gasteiger partial charge in [-0.1, -0.05) is 43.7 Å². The summed E-state index contributed by atoms with van der Waals surface area (Å²) in [7, 11) is 0. The molecule has 1 unspecified atom stereocenters. The van der Waals surface area contributed by atoms with Crippen LogP contribution in [-0.4, -0.2) is 11.8 Å². The summed E-state index contributed by atoms with van der Waals surface area (Å²) in [4.78, 5) is 11.6. The molecule has 2 nitrogen and oxygen atoms in total. The summed E-state index contributed by atoms with van der Waals surface area (Å²) in [6, 6.07) is 9.59. The van der Waals surface area contributed by atoms with E-state index in [0.717, 1.165) is 18.4 Å². The van der Waals surface area contributed by atoms with E-state index in [1.807, 2.05) is 30.3 Å². The third-order valence-electron chi connectivity index (χ3n) is 2.49. The van der Waals surface area contributed by atoms with Crippen LogP contribution in [0.3, 0.4) is 0 Å². The summed E-state index contributed by atoms with van der Waals surface area (Å²) in [6.45, 7) is 2.08. The van der Waals surface area contributed by atoms with E-state index >= 15 is 0 Å². The number of hydrogen-bond acceptors (Lipinski definition) is 2. The molecule has 0 fully saturated rings. The highest BCUT2D eigenvalue weighted by molar-refractivity contribution is 5.84. The van der Waals surface area contributed by atoms with Crippen molar-refractivity contribution in [1.82, 2.24) is 0 Å². The maximum Gasteiger partial charge on any atom is 0.149 e. The molecule has 2 N–H and O–H groups in total. The molecular formula is C13H19NO. The zero-order valence-electron chi connectivity index (χ0n) is 9.28. The van der Waals surface area contributed by atoms with Crippen molar-refractivity contribution in [3.05, 3.63) is 35.9 Å². The summed E-state index contributed by atoms with van der Waals surface area (Å²) >= 11 is 0. The van der Waals surface area contributed by atoms with Gasteiger partial charge in [-0.05, 0) is 18.4 Å². The minimum absolute atomic E-state index is 0.181. The van der Waals surface area contributed by atoms with Gasteiger partial charge in [0.25, 0.3) is 0 Å². The highest BCUT2D eigenvalue weighted by atomic mass is 16.1. The number of rotatable bonds is 6. The molecule has 0 bridgehead atoms. The lowest BCUT2D eigenvalue weighted by Gasteiger charge is -2.09. The standard InChI is InChI=1S/C13H19NO/c1-2-3-9-13(15)12(14)10-11-7-5-4-6-8-11/h4-8,12H,2-3,9-10,14H2,1H3. The predicted octanol–water partition coefficient (Wildman–Crippen LogP) is 2.32. The number of carbonyl (C=O) groups is 1. The van der Waals surface area contributed by atoms with Crippen molar-refractivity contribution in [3.63, 3.8) is 0 Å². The third-order valence-corrected chi connectivity index (χ3v) is 2.49. The molecule has 1 atom stereocenters. The first-order chi connectivity index (χ1) is 7.24. The van der Waals surface area contributed by atoms with Crippen molar-refractivity contribution >= 4 is 5.78 Å². The normalized spacial score (nSPS) is 12.4. The molecule has 0 saturated heterocycles. The second-order valence-corrected chi connectivity index (χ2v) is 3.87. The van der Waals surface area contributed by atoms with Crippen LogP contribution >= 0.6 is 0 Å². The Hall–Kier alpha value is -1.15. The van der Waals surface area contributed by atoms with E-state index in [-0.39, 0.29) is 11.8 Å². The molecule has 0 spiro atoms. The van der Waals surface area contributed by atoms with Crippen LogP contribution in [0.4, 0.5) is 0 Å². The Bertz CT molecular complexity index is 295. The van der Waals surface area contributed by atoms with Gasteiger partial charge in [0, 0.05) is 6.42 Å². The van der Waals surface area contributed by atoms with Crippen LogP contribution in [0.15, 0.2) is 30.3 Å². The number of carbonyl (C=O) groups excluding carboxylic acids is 1. The number of Topliss-reactive ketones (excluding diaryl/α,β-unsaturated/α-hetero) is 1. The van der Waals surface area contributed by atoms with Gasteiger partial charge in [0.05, 0.1) is 6.04 Å². The fourth-order valence-corrected chi connectivity index (χ4v) is 1.52. The van der Waals surface area contributed by atoms with Crippen LogP contribution in [-0.2, 0) is 11.2 Å². The zero-order chi connectivity index (χ0) is 11.1. The molecule has 1 rings (SSSR count). The summed E-state index contributed by atoms with van der Waals surface area (Å²) < 4.78 is 0. The molecule has 15 heavy (non-hydrogen) atoms. The molecule has 0 amide bonds. The average Bonchev–Trinajstić information content (AvgIpc) is 2.27. The Labute approximate surface area is 91.5 Å². The average molecular weight is 205 g/mol. The number of unbranched alkanes of at least 4 members (excludes halogenated alkanes) is 1. The van der Waals surface area contributed by atoms with Crippen LogP contribution in [0.5, 0.6) is 0 Å². The Morgan fingerprint density at radius 3 is 2.60 bits per heavy atom. The van der Waals surface area contributed by atoms with Crippen molar-refractivity contribution < 1.29 is 4.79 Å². The maximum absolute atomic E-state index is 11.6. The van der Waals surface area contributed by atoms with E-state index in [2.05, 4.69) is 6.92 Å². The van der Waals surface area contributed by atoms with Gasteiger partial charge in [0.1, 0.15) is 5.78 Å². The van der Waals surface area contributed by atoms with Gasteiger partial charge in [0.2, 0.25) is 0 Å². The molecule has 0 heterocycles. The molecule has 0 saturated carbocycles. The third kappa shape index (κ3) is 4.26. The van der Waals surface area contributed by atoms with Gasteiger partial charge in [-0.25, -0.2) is 0 Å². The minimum Gasteiger partial charge on any atom is -0.321 e. The molecule has 1 aromatic rings. The topological polar surface area (TPSA) is 43.1 Å². The van der Waals surface area contributed by atoms with Crippen LogP contribution in [0, 0.1) is 0 Å². The van der Waals surface area contributed by atoms with E-state index < -0.39 is 0 Å². The van der Waals surface area contributed by atoms with E-state index in [1.165, 1.54) is 0 Å². The summed E-state index contributed by atoms with van der Waals surface area (Å²) in [5.41, 5.74) is 6.97. The van der Waals surface area contributed by atoms with E-state index in [1.54, 1.807) is 0 Å². The minimum atomic E-state index is -0.334. The molecule has 82 valence electrons. The molecular weight excluding hydrogens is 186 g/mol. The van der Waals surface area contributed by atoms with Gasteiger partial charge < -0.3 is 5.73 Å². The molecule has 2 heteroatoms. The van der Waals surface area contributed by atoms with Gasteiger partial charge in [-0.2, -0.15) is 0 Å². The van der Waals surface area contributed by atoms with Gasteiger partial charge >= 0.3 is 0 Å². The number of benzene rings is 1. The lowest BCUT2D eigenvalue weighted by molar-refractivity contribution is -0.120. The summed E-state index contributed by atoms with van der Waals surface area (Å²) in [5.74, 6) is 0.181. The first kappa shape index (κ1) is 11.9. The SMILES string of the molecule is CCCCC(=O)C(N)Cc1ccccc1. The monoisotopic (exact) mass is 205 g/mol. The van der Waals surface area contributed by atoms with Crippen LogP contribution in [0.1, 0.15) is 31.7 Å². The first-order valence-corrected chi connectivity index (χ1v) is 5.56. The summed E-state index contributed by atoms with van der Waals surface area (Å²) in [6.07, 6.45) is 3.26. The van der Waals surface area contributed by atoms with Crippen molar-refractivity contribution in [2.24, 2.45) is 5.73 Å². The largest absolute Gasteiger partial charge is 0.321 e. The van der Waals surface area contributed by atoms with Crippen LogP contribution in [0.25, 0.3) is 0 Å². The Balaban J connectivity index is 2.41. The number of ketones is 1. The predicted molar refractivity (Wildman–Crippen MR) is 62.7 cm³/mol. The first-order valence-electron chi connectivity index (χ1n) is 5.56. The molecule has 0 aliphatic rings. The van der Waals surface area contributed by atoms with Crippen LogP contribution in [0.2, 0.25) is 0 Å². The number of hydrogen-bond donors (Lipinski definition) is 1. The summed E-state index contributed by atoms with van der Waals surface area (Å²) in [5, 5.41) is 0. The van der Waals surface area contributed by atoms with E-state index in [4.69, 9.17) is 5.73 Å². The van der Waals surface area contributed by atoms with Crippen molar-refractivity contribution in [3.8, 4) is 0 Å². The van der Waals surface area contributed by atoms with Gasteiger partial charge in [0.15, 0.2) is 0 Å². The molecule has 1 aromatic carbocycles. The fraction of sp³-hybridized carbons (Fsp3) is 0.462. The number of nitrogens with two attached hydrogens (primary N) is 1. The fourth-order valence-electron chi connectivity index (χ4n) is 1.52. The van der Waals surface area contributed by atoms with Crippen molar-refractivity contribution in [2.45, 2.75) is 38.6 Å². The van der Waals surface area contributed by atoms with Crippen LogP contribution < -0.4 is 5.73 Å². The maximum atomic E-state index is 11.6. The quantitative estimate of drug-likeness (QED) is 0.774. The highest BCUT2D eigenvalue weighted by Gasteiger charge is 2.12. The van der Waals surface area contributed by atoms with Crippen molar-refractivity contribution in [1.29, 1.82) is 0 Å². The molecule has 0 aromatic heterocycles. The Morgan fingerprint density at radius 2 is 2.00 bits per heavy atom. The Morgan fingerprint density at radius 1 is 1.33 bits per heavy atom. The molecule has 0 aliphatic heterocycles. The van der Waals surface area contributed by atoms with E-state index in [9.17, 15) is 4.79 Å². The molecule has 0 radical (unpaired) electrons. The smallest absolute Gasteiger partial charge is 0.149 e. The van der Waals surface area contributed by atoms with Crippen molar-refractivity contribution in [2.75, 3.05) is 0 Å². The second-order valence-electron chi connectivity index (χ2n) is 3.87. The van der Waals surface area contributed by atoms with Gasteiger partial charge in [-0.3, -0.25) is 4.79 Å². The van der Waals surface area contributed by atoms with E-state index in [0.29, 0.717) is 12.8 Å². The lowest BCUT2D eigenvalue weighted by Crippen LogP contribution is -2.32. The highest BCUT2D eigenvalue weighted by Crippen LogP contribution is 2.05. The Kier molecular flexibility index (Phi) is 5.05. The van der Waals surface area contributed by atoms with Gasteiger partial charge in [-0.15, -0.1) is 0 Å². The zero-order valence-corrected chi connectivity index (χ0v) is 9.28.